The summed E-state index contributed by atoms with van der Waals surface area (Å²) >= 11 is 0. The van der Waals surface area contributed by atoms with E-state index in [-0.39, 0.29) is 18.2 Å². The van der Waals surface area contributed by atoms with Crippen molar-refractivity contribution in [2.45, 2.75) is 18.4 Å². The minimum absolute atomic E-state index is 0.00988. The van der Waals surface area contributed by atoms with Gasteiger partial charge >= 0.3 is 0 Å². The number of ether oxygens (including phenoxy) is 1. The zero-order valence-corrected chi connectivity index (χ0v) is 11.6. The molecule has 7 heteroatoms. The largest absolute Gasteiger partial charge is 0.388 e. The fourth-order valence-corrected chi connectivity index (χ4v) is 2.33. The van der Waals surface area contributed by atoms with E-state index in [1.165, 1.54) is 11.9 Å². The van der Waals surface area contributed by atoms with Crippen molar-refractivity contribution in [2.24, 2.45) is 0 Å². The lowest BCUT2D eigenvalue weighted by atomic mass is 9.94. The zero-order chi connectivity index (χ0) is 14.8. The number of aliphatic hydroxyl groups is 1. The molecule has 0 bridgehead atoms. The van der Waals surface area contributed by atoms with E-state index in [1.54, 1.807) is 7.05 Å². The Morgan fingerprint density at radius 1 is 1.40 bits per heavy atom. The Balaban J connectivity index is 2.18. The summed E-state index contributed by atoms with van der Waals surface area (Å²) in [5.74, 6) is -1.51. The first-order valence-corrected chi connectivity index (χ1v) is 6.50. The van der Waals surface area contributed by atoms with Crippen molar-refractivity contribution in [3.8, 4) is 0 Å². The van der Waals surface area contributed by atoms with Gasteiger partial charge < -0.3 is 20.1 Å². The van der Waals surface area contributed by atoms with E-state index in [9.17, 15) is 13.9 Å². The van der Waals surface area contributed by atoms with Gasteiger partial charge in [-0.05, 0) is 0 Å². The van der Waals surface area contributed by atoms with Crippen molar-refractivity contribution in [3.05, 3.63) is 17.7 Å². The fourth-order valence-electron chi connectivity index (χ4n) is 2.33. The van der Waals surface area contributed by atoms with Crippen molar-refractivity contribution in [1.29, 1.82) is 0 Å². The second-order valence-electron chi connectivity index (χ2n) is 5.07. The lowest BCUT2D eigenvalue weighted by molar-refractivity contribution is -0.0573. The number of nitrogens with one attached hydrogen (secondary N) is 1. The molecule has 2 heterocycles. The topological polar surface area (TPSA) is 57.6 Å². The summed E-state index contributed by atoms with van der Waals surface area (Å²) in [6.07, 6.45) is 0.970. The van der Waals surface area contributed by atoms with E-state index in [0.29, 0.717) is 26.1 Å². The molecule has 1 saturated heterocycles. The first kappa shape index (κ1) is 14.9. The molecule has 0 atom stereocenters. The van der Waals surface area contributed by atoms with Gasteiger partial charge in [0.05, 0.1) is 5.60 Å². The van der Waals surface area contributed by atoms with Crippen LogP contribution < -0.4 is 10.2 Å². The highest BCUT2D eigenvalue weighted by Gasteiger charge is 2.32. The van der Waals surface area contributed by atoms with E-state index in [1.807, 2.05) is 0 Å². The van der Waals surface area contributed by atoms with Crippen LogP contribution in [0.2, 0.25) is 0 Å². The lowest BCUT2D eigenvalue weighted by Crippen LogP contribution is -2.46. The highest BCUT2D eigenvalue weighted by Crippen LogP contribution is 2.26. The summed E-state index contributed by atoms with van der Waals surface area (Å²) in [5.41, 5.74) is -0.935. The van der Waals surface area contributed by atoms with Crippen LogP contribution in [-0.4, -0.2) is 49.5 Å². The Morgan fingerprint density at radius 3 is 2.65 bits per heavy atom. The molecule has 1 fully saturated rings. The molecule has 1 aromatic heterocycles. The van der Waals surface area contributed by atoms with Gasteiger partial charge in [0.1, 0.15) is 0 Å². The average Bonchev–Trinajstić information content (AvgIpc) is 2.39. The van der Waals surface area contributed by atoms with Gasteiger partial charge in [0.2, 0.25) is 0 Å². The van der Waals surface area contributed by atoms with Crippen LogP contribution in [0, 0.1) is 11.6 Å². The molecule has 0 spiro atoms. The van der Waals surface area contributed by atoms with Crippen molar-refractivity contribution in [3.63, 3.8) is 0 Å². The van der Waals surface area contributed by atoms with Crippen LogP contribution in [-0.2, 0) is 4.74 Å². The number of anilines is 2. The maximum atomic E-state index is 13.8. The van der Waals surface area contributed by atoms with E-state index in [0.717, 1.165) is 6.07 Å². The van der Waals surface area contributed by atoms with Gasteiger partial charge in [-0.15, -0.1) is 0 Å². The monoisotopic (exact) mass is 287 g/mol. The van der Waals surface area contributed by atoms with Crippen molar-refractivity contribution < 1.29 is 18.6 Å². The molecule has 1 aliphatic heterocycles. The molecule has 2 rings (SSSR count). The van der Waals surface area contributed by atoms with Gasteiger partial charge in [0.15, 0.2) is 23.3 Å². The Hall–Kier alpha value is -1.47. The smallest absolute Gasteiger partial charge is 0.168 e. The van der Waals surface area contributed by atoms with E-state index in [2.05, 4.69) is 10.3 Å². The predicted octanol–water partition coefficient (Wildman–Crippen LogP) is 1.38. The Kier molecular flexibility index (Phi) is 4.39. The first-order chi connectivity index (χ1) is 9.45. The standard InChI is InChI=1S/C13H19F2N3O2/c1-16-11-9(14)7-10(15)12(17-11)18(2)8-13(19)3-5-20-6-4-13/h7,19H,3-6,8H2,1-2H3,(H,16,17). The molecule has 0 saturated carbocycles. The zero-order valence-electron chi connectivity index (χ0n) is 11.6. The molecule has 5 nitrogen and oxygen atoms in total. The number of pyridine rings is 1. The summed E-state index contributed by atoms with van der Waals surface area (Å²) in [5, 5.41) is 13.0. The number of rotatable bonds is 4. The number of hydrogen-bond acceptors (Lipinski definition) is 5. The van der Waals surface area contributed by atoms with Gasteiger partial charge in [-0.3, -0.25) is 0 Å². The third-order valence-corrected chi connectivity index (χ3v) is 3.46. The summed E-state index contributed by atoms with van der Waals surface area (Å²) in [4.78, 5) is 5.41. The summed E-state index contributed by atoms with van der Waals surface area (Å²) in [7, 11) is 3.13. The maximum Gasteiger partial charge on any atom is 0.168 e. The Labute approximate surface area is 116 Å². The van der Waals surface area contributed by atoms with E-state index in [4.69, 9.17) is 4.74 Å². The molecule has 0 unspecified atom stereocenters. The van der Waals surface area contributed by atoms with Gasteiger partial charge in [-0.25, -0.2) is 13.8 Å². The van der Waals surface area contributed by atoms with Crippen LogP contribution >= 0.6 is 0 Å². The first-order valence-electron chi connectivity index (χ1n) is 6.50. The van der Waals surface area contributed by atoms with Crippen LogP contribution in [0.1, 0.15) is 12.8 Å². The minimum Gasteiger partial charge on any atom is -0.388 e. The Bertz CT molecular complexity index is 479. The summed E-state index contributed by atoms with van der Waals surface area (Å²) in [6.45, 7) is 1.17. The SMILES string of the molecule is CNc1nc(N(C)CC2(O)CCOCC2)c(F)cc1F. The predicted molar refractivity (Wildman–Crippen MR) is 72.0 cm³/mol. The molecule has 0 amide bonds. The number of hydrogen-bond donors (Lipinski definition) is 2. The number of likely N-dealkylation sites (N-methyl/N-ethyl adjacent to an activating group) is 1. The van der Waals surface area contributed by atoms with E-state index < -0.39 is 17.2 Å². The van der Waals surface area contributed by atoms with Crippen LogP contribution in [0.3, 0.4) is 0 Å². The van der Waals surface area contributed by atoms with Gasteiger partial charge in [-0.2, -0.15) is 0 Å². The molecule has 20 heavy (non-hydrogen) atoms. The molecular formula is C13H19F2N3O2. The van der Waals surface area contributed by atoms with Crippen molar-refractivity contribution in [1.82, 2.24) is 4.98 Å². The second kappa shape index (κ2) is 5.88. The molecule has 0 aliphatic carbocycles. The summed E-state index contributed by atoms with van der Waals surface area (Å²) in [6, 6.07) is 0.790. The summed E-state index contributed by atoms with van der Waals surface area (Å²) < 4.78 is 32.4. The van der Waals surface area contributed by atoms with Crippen LogP contribution in [0.15, 0.2) is 6.07 Å². The molecule has 1 aromatic rings. The highest BCUT2D eigenvalue weighted by molar-refractivity contribution is 5.48. The lowest BCUT2D eigenvalue weighted by Gasteiger charge is -2.35. The number of aromatic nitrogens is 1. The Morgan fingerprint density at radius 2 is 2.05 bits per heavy atom. The van der Waals surface area contributed by atoms with E-state index >= 15 is 0 Å². The molecular weight excluding hydrogens is 268 g/mol. The number of nitrogens with zero attached hydrogens (tertiary/aromatic N) is 2. The fraction of sp³-hybridized carbons (Fsp3) is 0.615. The molecule has 2 N–H and O–H groups in total. The maximum absolute atomic E-state index is 13.8. The molecule has 0 aromatic carbocycles. The van der Waals surface area contributed by atoms with Gasteiger partial charge in [-0.1, -0.05) is 0 Å². The van der Waals surface area contributed by atoms with Crippen LogP contribution in [0.25, 0.3) is 0 Å². The van der Waals surface area contributed by atoms with Crippen molar-refractivity contribution in [2.75, 3.05) is 44.1 Å². The third-order valence-electron chi connectivity index (χ3n) is 3.46. The molecule has 0 radical (unpaired) electrons. The van der Waals surface area contributed by atoms with Crippen molar-refractivity contribution >= 4 is 11.6 Å². The van der Waals surface area contributed by atoms with Gasteiger partial charge in [0, 0.05) is 52.8 Å². The normalized spacial score (nSPS) is 17.9. The second-order valence-corrected chi connectivity index (χ2v) is 5.07. The minimum atomic E-state index is -0.935. The van der Waals surface area contributed by atoms with Crippen LogP contribution in [0.5, 0.6) is 0 Å². The molecule has 1 aliphatic rings. The van der Waals surface area contributed by atoms with Gasteiger partial charge in [0.25, 0.3) is 0 Å². The quantitative estimate of drug-likeness (QED) is 0.876. The highest BCUT2D eigenvalue weighted by atomic mass is 19.1. The third kappa shape index (κ3) is 3.16. The molecule has 112 valence electrons. The van der Waals surface area contributed by atoms with Crippen LogP contribution in [0.4, 0.5) is 20.4 Å². The number of halogens is 2. The average molecular weight is 287 g/mol.